The first-order valence-electron chi connectivity index (χ1n) is 7.06. The van der Waals surface area contributed by atoms with Crippen molar-refractivity contribution >= 4 is 23.3 Å². The van der Waals surface area contributed by atoms with Gasteiger partial charge in [0, 0.05) is 17.5 Å². The van der Waals surface area contributed by atoms with Crippen LogP contribution in [0.1, 0.15) is 16.5 Å². The molecule has 1 unspecified atom stereocenters. The molecule has 1 atom stereocenters. The second-order valence-electron chi connectivity index (χ2n) is 4.59. The van der Waals surface area contributed by atoms with Gasteiger partial charge in [-0.05, 0) is 23.1 Å². The van der Waals surface area contributed by atoms with Gasteiger partial charge in [-0.3, -0.25) is 4.79 Å². The zero-order valence-electron chi connectivity index (χ0n) is 12.1. The van der Waals surface area contributed by atoms with E-state index in [1.165, 1.54) is 6.08 Å². The summed E-state index contributed by atoms with van der Waals surface area (Å²) in [7, 11) is 0. The average Bonchev–Trinajstić information content (AvgIpc) is 3.08. The fraction of sp³-hybridized carbons (Fsp3) is 0.235. The molecular weight excluding hydrogens is 298 g/mol. The molecule has 22 heavy (non-hydrogen) atoms. The molecule has 0 aliphatic rings. The lowest BCUT2D eigenvalue weighted by Crippen LogP contribution is -2.28. The molecular formula is C17H19NO3S. The third kappa shape index (κ3) is 5.44. The molecule has 0 spiro atoms. The molecule has 4 nitrogen and oxygen atoms in total. The van der Waals surface area contributed by atoms with E-state index in [0.717, 1.165) is 10.4 Å². The van der Waals surface area contributed by atoms with Crippen molar-refractivity contribution in [2.45, 2.75) is 6.10 Å². The Morgan fingerprint density at radius 2 is 2.09 bits per heavy atom. The highest BCUT2D eigenvalue weighted by Gasteiger charge is 2.13. The Labute approximate surface area is 134 Å². The monoisotopic (exact) mass is 317 g/mol. The summed E-state index contributed by atoms with van der Waals surface area (Å²) in [5, 5.41) is 13.7. The minimum atomic E-state index is -0.235. The normalized spacial score (nSPS) is 12.4. The molecule has 2 rings (SSSR count). The van der Waals surface area contributed by atoms with Crippen LogP contribution in [0.2, 0.25) is 0 Å². The molecule has 0 saturated carbocycles. The number of hydrogen-bond donors (Lipinski definition) is 2. The van der Waals surface area contributed by atoms with Crippen LogP contribution in [0.15, 0.2) is 53.9 Å². The number of rotatable bonds is 8. The third-order valence-electron chi connectivity index (χ3n) is 2.96. The van der Waals surface area contributed by atoms with Crippen LogP contribution < -0.4 is 5.32 Å². The molecule has 0 fully saturated rings. The van der Waals surface area contributed by atoms with Crippen LogP contribution in [0.3, 0.4) is 0 Å². The first-order chi connectivity index (χ1) is 10.8. The number of aliphatic hydroxyl groups excluding tert-OH is 1. The van der Waals surface area contributed by atoms with Crippen LogP contribution in [0.4, 0.5) is 0 Å². The Hall–Kier alpha value is -1.95. The highest BCUT2D eigenvalue weighted by atomic mass is 32.1. The second kappa shape index (κ2) is 9.15. The van der Waals surface area contributed by atoms with Gasteiger partial charge in [0.15, 0.2) is 0 Å². The smallest absolute Gasteiger partial charge is 0.244 e. The largest absolute Gasteiger partial charge is 0.394 e. The quantitative estimate of drug-likeness (QED) is 0.736. The molecule has 2 N–H and O–H groups in total. The van der Waals surface area contributed by atoms with Crippen molar-refractivity contribution in [1.82, 2.24) is 5.32 Å². The number of ether oxygens (including phenoxy) is 1. The van der Waals surface area contributed by atoms with Crippen LogP contribution in [-0.2, 0) is 9.53 Å². The maximum atomic E-state index is 11.9. The number of aliphatic hydroxyl groups is 1. The first kappa shape index (κ1) is 16.4. The number of amides is 1. The van der Waals surface area contributed by atoms with Crippen LogP contribution in [0.5, 0.6) is 0 Å². The molecule has 0 aliphatic carbocycles. The lowest BCUT2D eigenvalue weighted by molar-refractivity contribution is -0.117. The third-order valence-corrected chi connectivity index (χ3v) is 3.92. The standard InChI is InChI=1S/C17H19NO3S/c19-10-11-21-15(16-7-4-12-22-16)13-18-17(20)9-8-14-5-2-1-3-6-14/h1-9,12,15,19H,10-11,13H2,(H,18,20). The molecule has 116 valence electrons. The van der Waals surface area contributed by atoms with E-state index in [1.807, 2.05) is 47.8 Å². The van der Waals surface area contributed by atoms with Crippen molar-refractivity contribution in [3.05, 3.63) is 64.4 Å². The number of carbonyl (C=O) groups is 1. The van der Waals surface area contributed by atoms with E-state index >= 15 is 0 Å². The summed E-state index contributed by atoms with van der Waals surface area (Å²) in [6.07, 6.45) is 3.04. The highest BCUT2D eigenvalue weighted by Crippen LogP contribution is 2.21. The van der Waals surface area contributed by atoms with Gasteiger partial charge in [0.05, 0.1) is 13.2 Å². The lowest BCUT2D eigenvalue weighted by Gasteiger charge is -2.16. The summed E-state index contributed by atoms with van der Waals surface area (Å²) in [5.41, 5.74) is 0.976. The molecule has 1 amide bonds. The number of carbonyl (C=O) groups excluding carboxylic acids is 1. The molecule has 0 radical (unpaired) electrons. The number of thiophene rings is 1. The Morgan fingerprint density at radius 3 is 2.77 bits per heavy atom. The van der Waals surface area contributed by atoms with Crippen molar-refractivity contribution in [3.63, 3.8) is 0 Å². The summed E-state index contributed by atoms with van der Waals surface area (Å²) >= 11 is 1.57. The molecule has 0 aliphatic heterocycles. The van der Waals surface area contributed by atoms with E-state index in [-0.39, 0.29) is 25.2 Å². The molecule has 5 heteroatoms. The number of hydrogen-bond acceptors (Lipinski definition) is 4. The predicted octanol–water partition coefficient (Wildman–Crippen LogP) is 2.63. The molecule has 0 saturated heterocycles. The number of nitrogens with one attached hydrogen (secondary N) is 1. The fourth-order valence-corrected chi connectivity index (χ4v) is 2.67. The molecule has 1 aromatic heterocycles. The van der Waals surface area contributed by atoms with Gasteiger partial charge in [0.1, 0.15) is 6.10 Å². The highest BCUT2D eigenvalue weighted by molar-refractivity contribution is 7.10. The van der Waals surface area contributed by atoms with Crippen molar-refractivity contribution in [2.75, 3.05) is 19.8 Å². The molecule has 0 bridgehead atoms. The summed E-state index contributed by atoms with van der Waals surface area (Å²) in [5.74, 6) is -0.169. The maximum Gasteiger partial charge on any atom is 0.244 e. The van der Waals surface area contributed by atoms with Crippen molar-refractivity contribution in [1.29, 1.82) is 0 Å². The topological polar surface area (TPSA) is 58.6 Å². The Balaban J connectivity index is 1.86. The average molecular weight is 317 g/mol. The summed E-state index contributed by atoms with van der Waals surface area (Å²) in [6, 6.07) is 13.5. The predicted molar refractivity (Wildman–Crippen MR) is 88.6 cm³/mol. The lowest BCUT2D eigenvalue weighted by atomic mass is 10.2. The van der Waals surface area contributed by atoms with Crippen molar-refractivity contribution in [2.24, 2.45) is 0 Å². The van der Waals surface area contributed by atoms with Gasteiger partial charge in [-0.2, -0.15) is 0 Å². The maximum absolute atomic E-state index is 11.9. The van der Waals surface area contributed by atoms with E-state index in [1.54, 1.807) is 17.4 Å². The summed E-state index contributed by atoms with van der Waals surface area (Å²) < 4.78 is 5.57. The van der Waals surface area contributed by atoms with Gasteiger partial charge < -0.3 is 15.2 Å². The van der Waals surface area contributed by atoms with E-state index in [9.17, 15) is 4.79 Å². The second-order valence-corrected chi connectivity index (χ2v) is 5.57. The van der Waals surface area contributed by atoms with E-state index < -0.39 is 0 Å². The number of benzene rings is 1. The summed E-state index contributed by atoms with van der Waals surface area (Å²) in [4.78, 5) is 12.9. The Bertz CT molecular complexity index is 581. The van der Waals surface area contributed by atoms with Crippen LogP contribution in [0.25, 0.3) is 6.08 Å². The van der Waals surface area contributed by atoms with Gasteiger partial charge in [-0.15, -0.1) is 11.3 Å². The van der Waals surface area contributed by atoms with Gasteiger partial charge in [-0.1, -0.05) is 36.4 Å². The van der Waals surface area contributed by atoms with Crippen LogP contribution in [0, 0.1) is 0 Å². The first-order valence-corrected chi connectivity index (χ1v) is 7.94. The minimum Gasteiger partial charge on any atom is -0.394 e. The van der Waals surface area contributed by atoms with Crippen LogP contribution in [-0.4, -0.2) is 30.8 Å². The molecule has 1 heterocycles. The van der Waals surface area contributed by atoms with Crippen molar-refractivity contribution in [3.8, 4) is 0 Å². The zero-order valence-corrected chi connectivity index (χ0v) is 13.0. The van der Waals surface area contributed by atoms with Gasteiger partial charge in [0.2, 0.25) is 5.91 Å². The zero-order chi connectivity index (χ0) is 15.6. The van der Waals surface area contributed by atoms with Crippen LogP contribution >= 0.6 is 11.3 Å². The fourth-order valence-electron chi connectivity index (χ4n) is 1.90. The summed E-state index contributed by atoms with van der Waals surface area (Å²) in [6.45, 7) is 0.584. The van der Waals surface area contributed by atoms with Gasteiger partial charge >= 0.3 is 0 Å². The SMILES string of the molecule is O=C(C=Cc1ccccc1)NCC(OCCO)c1cccs1. The Kier molecular flexibility index (Phi) is 6.83. The minimum absolute atomic E-state index is 0.0380. The van der Waals surface area contributed by atoms with E-state index in [4.69, 9.17) is 9.84 Å². The van der Waals surface area contributed by atoms with E-state index in [0.29, 0.717) is 6.54 Å². The molecule has 1 aromatic carbocycles. The molecule has 2 aromatic rings. The van der Waals surface area contributed by atoms with Gasteiger partial charge in [0.25, 0.3) is 0 Å². The van der Waals surface area contributed by atoms with Crippen molar-refractivity contribution < 1.29 is 14.6 Å². The van der Waals surface area contributed by atoms with Gasteiger partial charge in [-0.25, -0.2) is 0 Å². The Morgan fingerprint density at radius 1 is 1.27 bits per heavy atom. The van der Waals surface area contributed by atoms with E-state index in [2.05, 4.69) is 5.32 Å².